The summed E-state index contributed by atoms with van der Waals surface area (Å²) in [6.45, 7) is 2.71. The highest BCUT2D eigenvalue weighted by molar-refractivity contribution is 5.34. The normalized spacial score (nSPS) is 10.5. The van der Waals surface area contributed by atoms with Crippen molar-refractivity contribution in [2.45, 2.75) is 20.1 Å². The summed E-state index contributed by atoms with van der Waals surface area (Å²) in [5.41, 5.74) is 2.37. The number of hydrogen-bond acceptors (Lipinski definition) is 4. The highest BCUT2D eigenvalue weighted by atomic mass is 19.1. The van der Waals surface area contributed by atoms with E-state index < -0.39 is 0 Å². The van der Waals surface area contributed by atoms with Gasteiger partial charge in [-0.05, 0) is 24.6 Å². The first-order valence-electron chi connectivity index (χ1n) is 5.98. The van der Waals surface area contributed by atoms with Crippen molar-refractivity contribution in [3.05, 3.63) is 53.2 Å². The molecule has 0 saturated heterocycles. The maximum atomic E-state index is 13.5. The van der Waals surface area contributed by atoms with Crippen molar-refractivity contribution < 1.29 is 9.13 Å². The van der Waals surface area contributed by atoms with Gasteiger partial charge < -0.3 is 10.1 Å². The molecule has 0 spiro atoms. The van der Waals surface area contributed by atoms with Gasteiger partial charge in [0.05, 0.1) is 18.5 Å². The maximum Gasteiger partial charge on any atom is 0.145 e. The molecule has 0 fully saturated rings. The molecule has 0 bridgehead atoms. The van der Waals surface area contributed by atoms with Gasteiger partial charge in [-0.1, -0.05) is 6.07 Å². The zero-order valence-electron chi connectivity index (χ0n) is 11.0. The van der Waals surface area contributed by atoms with Crippen LogP contribution >= 0.6 is 0 Å². The standard InChI is InChI=1S/C14H16FN3O/c1-10-6-16-8-14(18-10)17-7-11-3-4-13(15)12(5-11)9-19-2/h3-6,8H,7,9H2,1-2H3,(H,17,18). The second kappa shape index (κ2) is 6.24. The fraction of sp³-hybridized carbons (Fsp3) is 0.286. The van der Waals surface area contributed by atoms with Crippen LogP contribution in [-0.2, 0) is 17.9 Å². The van der Waals surface area contributed by atoms with Crippen LogP contribution < -0.4 is 5.32 Å². The van der Waals surface area contributed by atoms with Crippen LogP contribution in [0.5, 0.6) is 0 Å². The molecule has 0 aliphatic heterocycles. The largest absolute Gasteiger partial charge is 0.380 e. The van der Waals surface area contributed by atoms with Gasteiger partial charge in [0.15, 0.2) is 0 Å². The van der Waals surface area contributed by atoms with Crippen LogP contribution in [0.15, 0.2) is 30.6 Å². The smallest absolute Gasteiger partial charge is 0.145 e. The van der Waals surface area contributed by atoms with Crippen molar-refractivity contribution >= 4 is 5.82 Å². The number of methoxy groups -OCH3 is 1. The minimum absolute atomic E-state index is 0.249. The summed E-state index contributed by atoms with van der Waals surface area (Å²) >= 11 is 0. The Labute approximate surface area is 111 Å². The third-order valence-corrected chi connectivity index (χ3v) is 2.64. The van der Waals surface area contributed by atoms with Crippen LogP contribution in [0, 0.1) is 12.7 Å². The molecule has 1 heterocycles. The molecule has 2 rings (SSSR count). The van der Waals surface area contributed by atoms with Gasteiger partial charge in [0, 0.05) is 25.4 Å². The number of nitrogens with zero attached hydrogens (tertiary/aromatic N) is 2. The van der Waals surface area contributed by atoms with E-state index in [9.17, 15) is 4.39 Å². The molecular formula is C14H16FN3O. The highest BCUT2D eigenvalue weighted by Gasteiger charge is 2.04. The molecule has 0 aliphatic rings. The predicted molar refractivity (Wildman–Crippen MR) is 71.2 cm³/mol. The van der Waals surface area contributed by atoms with E-state index in [4.69, 9.17) is 4.74 Å². The quantitative estimate of drug-likeness (QED) is 0.899. The fourth-order valence-electron chi connectivity index (χ4n) is 1.75. The van der Waals surface area contributed by atoms with Gasteiger partial charge >= 0.3 is 0 Å². The Bertz CT molecular complexity index is 560. The number of anilines is 1. The maximum absolute atomic E-state index is 13.5. The second-order valence-electron chi connectivity index (χ2n) is 4.26. The van der Waals surface area contributed by atoms with Gasteiger partial charge in [-0.3, -0.25) is 4.98 Å². The van der Waals surface area contributed by atoms with E-state index in [1.807, 2.05) is 6.92 Å². The van der Waals surface area contributed by atoms with Crippen LogP contribution in [0.25, 0.3) is 0 Å². The number of ether oxygens (including phenoxy) is 1. The first-order chi connectivity index (χ1) is 9.19. The van der Waals surface area contributed by atoms with Gasteiger partial charge in [-0.2, -0.15) is 0 Å². The Balaban J connectivity index is 2.05. The number of aromatic nitrogens is 2. The topological polar surface area (TPSA) is 47.0 Å². The van der Waals surface area contributed by atoms with Crippen LogP contribution in [-0.4, -0.2) is 17.1 Å². The van der Waals surface area contributed by atoms with E-state index in [0.29, 0.717) is 17.9 Å². The lowest BCUT2D eigenvalue weighted by Gasteiger charge is -2.08. The first-order valence-corrected chi connectivity index (χ1v) is 5.98. The van der Waals surface area contributed by atoms with E-state index >= 15 is 0 Å². The van der Waals surface area contributed by atoms with Gasteiger partial charge in [-0.25, -0.2) is 9.37 Å². The number of nitrogens with one attached hydrogen (secondary N) is 1. The lowest BCUT2D eigenvalue weighted by atomic mass is 10.1. The molecule has 19 heavy (non-hydrogen) atoms. The molecule has 100 valence electrons. The molecule has 0 radical (unpaired) electrons. The molecule has 0 amide bonds. The minimum Gasteiger partial charge on any atom is -0.380 e. The summed E-state index contributed by atoms with van der Waals surface area (Å²) in [5, 5.41) is 3.15. The molecule has 0 aliphatic carbocycles. The molecule has 4 nitrogen and oxygen atoms in total. The monoisotopic (exact) mass is 261 g/mol. The van der Waals surface area contributed by atoms with Gasteiger partial charge in [0.25, 0.3) is 0 Å². The molecule has 1 aromatic heterocycles. The Morgan fingerprint density at radius 3 is 2.89 bits per heavy atom. The van der Waals surface area contributed by atoms with Gasteiger partial charge in [0.1, 0.15) is 11.6 Å². The van der Waals surface area contributed by atoms with E-state index in [1.54, 1.807) is 31.6 Å². The summed E-state index contributed by atoms with van der Waals surface area (Å²) in [5.74, 6) is 0.457. The Kier molecular flexibility index (Phi) is 4.41. The van der Waals surface area contributed by atoms with E-state index in [0.717, 1.165) is 11.3 Å². The number of benzene rings is 1. The molecule has 1 aromatic carbocycles. The third kappa shape index (κ3) is 3.72. The number of rotatable bonds is 5. The first kappa shape index (κ1) is 13.4. The molecule has 0 unspecified atom stereocenters. The van der Waals surface area contributed by atoms with Crippen LogP contribution in [0.3, 0.4) is 0 Å². The Morgan fingerprint density at radius 1 is 1.32 bits per heavy atom. The van der Waals surface area contributed by atoms with Crippen molar-refractivity contribution in [3.63, 3.8) is 0 Å². The van der Waals surface area contributed by atoms with Crippen LogP contribution in [0.1, 0.15) is 16.8 Å². The number of hydrogen-bond donors (Lipinski definition) is 1. The SMILES string of the molecule is COCc1cc(CNc2cncc(C)n2)ccc1F. The van der Waals surface area contributed by atoms with Crippen LogP contribution in [0.2, 0.25) is 0 Å². The average molecular weight is 261 g/mol. The molecular weight excluding hydrogens is 245 g/mol. The van der Waals surface area contributed by atoms with Crippen molar-refractivity contribution in [1.29, 1.82) is 0 Å². The lowest BCUT2D eigenvalue weighted by molar-refractivity contribution is 0.181. The minimum atomic E-state index is -0.249. The molecule has 2 aromatic rings. The van der Waals surface area contributed by atoms with E-state index in [2.05, 4.69) is 15.3 Å². The summed E-state index contributed by atoms with van der Waals surface area (Å²) in [6, 6.07) is 4.98. The van der Waals surface area contributed by atoms with Gasteiger partial charge in [-0.15, -0.1) is 0 Å². The predicted octanol–water partition coefficient (Wildman–Crippen LogP) is 2.68. The fourth-order valence-corrected chi connectivity index (χ4v) is 1.75. The average Bonchev–Trinajstić information content (AvgIpc) is 2.40. The Hall–Kier alpha value is -2.01. The van der Waals surface area contributed by atoms with E-state index in [-0.39, 0.29) is 12.4 Å². The van der Waals surface area contributed by atoms with E-state index in [1.165, 1.54) is 6.07 Å². The van der Waals surface area contributed by atoms with Crippen molar-refractivity contribution in [2.24, 2.45) is 0 Å². The summed E-state index contributed by atoms with van der Waals surface area (Å²) in [7, 11) is 1.55. The highest BCUT2D eigenvalue weighted by Crippen LogP contribution is 2.13. The van der Waals surface area contributed by atoms with Crippen LogP contribution in [0.4, 0.5) is 10.2 Å². The molecule has 0 atom stereocenters. The second-order valence-corrected chi connectivity index (χ2v) is 4.26. The summed E-state index contributed by atoms with van der Waals surface area (Å²) in [6.07, 6.45) is 3.35. The summed E-state index contributed by atoms with van der Waals surface area (Å²) < 4.78 is 18.4. The number of aryl methyl sites for hydroxylation is 1. The molecule has 1 N–H and O–H groups in total. The van der Waals surface area contributed by atoms with Crippen molar-refractivity contribution in [3.8, 4) is 0 Å². The van der Waals surface area contributed by atoms with Crippen molar-refractivity contribution in [1.82, 2.24) is 9.97 Å². The molecule has 5 heteroatoms. The number of halogens is 1. The lowest BCUT2D eigenvalue weighted by Crippen LogP contribution is -2.04. The zero-order chi connectivity index (χ0) is 13.7. The van der Waals surface area contributed by atoms with Gasteiger partial charge in [0.2, 0.25) is 0 Å². The third-order valence-electron chi connectivity index (χ3n) is 2.64. The summed E-state index contributed by atoms with van der Waals surface area (Å²) in [4.78, 5) is 8.34. The zero-order valence-corrected chi connectivity index (χ0v) is 11.0. The van der Waals surface area contributed by atoms with Crippen molar-refractivity contribution in [2.75, 3.05) is 12.4 Å². The Morgan fingerprint density at radius 2 is 2.16 bits per heavy atom. The molecule has 0 saturated carbocycles.